The van der Waals surface area contributed by atoms with Gasteiger partial charge in [-0.2, -0.15) is 5.10 Å². The normalized spacial score (nSPS) is 12.9. The quantitative estimate of drug-likeness (QED) is 0.447. The SMILES string of the molecule is CC(=NN)c1ccc(S(C)(=O)=O)cc1. The molecule has 14 heavy (non-hydrogen) atoms. The number of benzene rings is 1. The van der Waals surface area contributed by atoms with Gasteiger partial charge in [0.1, 0.15) is 0 Å². The molecule has 1 aromatic rings. The summed E-state index contributed by atoms with van der Waals surface area (Å²) in [6.07, 6.45) is 1.17. The molecule has 0 radical (unpaired) electrons. The van der Waals surface area contributed by atoms with Crippen LogP contribution < -0.4 is 5.84 Å². The molecule has 0 fully saturated rings. The van der Waals surface area contributed by atoms with Crippen LogP contribution in [0.2, 0.25) is 0 Å². The minimum atomic E-state index is -3.12. The number of nitrogens with two attached hydrogens (primary N) is 1. The summed E-state index contributed by atoms with van der Waals surface area (Å²) < 4.78 is 22.3. The molecule has 0 amide bonds. The third-order valence-corrected chi connectivity index (χ3v) is 3.02. The third-order valence-electron chi connectivity index (χ3n) is 1.89. The fraction of sp³-hybridized carbons (Fsp3) is 0.222. The number of hydrazone groups is 1. The summed E-state index contributed by atoms with van der Waals surface area (Å²) in [5.41, 5.74) is 1.49. The van der Waals surface area contributed by atoms with Crippen LogP contribution in [0.25, 0.3) is 0 Å². The molecule has 0 saturated heterocycles. The van der Waals surface area contributed by atoms with Crippen LogP contribution in [0.15, 0.2) is 34.3 Å². The third kappa shape index (κ3) is 2.32. The van der Waals surface area contributed by atoms with E-state index in [4.69, 9.17) is 5.84 Å². The van der Waals surface area contributed by atoms with Crippen molar-refractivity contribution in [3.8, 4) is 0 Å². The molecule has 2 N–H and O–H groups in total. The summed E-state index contributed by atoms with van der Waals surface area (Å²) in [7, 11) is -3.12. The summed E-state index contributed by atoms with van der Waals surface area (Å²) in [5.74, 6) is 5.10. The molecule has 5 heteroatoms. The van der Waals surface area contributed by atoms with Crippen LogP contribution in [0.3, 0.4) is 0 Å². The highest BCUT2D eigenvalue weighted by atomic mass is 32.2. The van der Waals surface area contributed by atoms with Gasteiger partial charge in [0.2, 0.25) is 0 Å². The Balaban J connectivity index is 3.14. The van der Waals surface area contributed by atoms with Crippen LogP contribution >= 0.6 is 0 Å². The van der Waals surface area contributed by atoms with Gasteiger partial charge < -0.3 is 5.84 Å². The van der Waals surface area contributed by atoms with Gasteiger partial charge in [0.25, 0.3) is 0 Å². The van der Waals surface area contributed by atoms with E-state index in [2.05, 4.69) is 5.10 Å². The summed E-state index contributed by atoms with van der Waals surface area (Å²) in [5, 5.41) is 3.52. The average Bonchev–Trinajstić information content (AvgIpc) is 2.15. The van der Waals surface area contributed by atoms with Gasteiger partial charge in [-0.3, -0.25) is 0 Å². The van der Waals surface area contributed by atoms with Crippen molar-refractivity contribution in [3.05, 3.63) is 29.8 Å². The Morgan fingerprint density at radius 3 is 2.14 bits per heavy atom. The first-order valence-corrected chi connectivity index (χ1v) is 5.89. The fourth-order valence-corrected chi connectivity index (χ4v) is 1.65. The van der Waals surface area contributed by atoms with Crippen molar-refractivity contribution < 1.29 is 8.42 Å². The second kappa shape index (κ2) is 3.79. The number of hydrogen-bond acceptors (Lipinski definition) is 4. The smallest absolute Gasteiger partial charge is 0.175 e. The zero-order valence-corrected chi connectivity index (χ0v) is 8.88. The van der Waals surface area contributed by atoms with Crippen molar-refractivity contribution in [2.75, 3.05) is 6.26 Å². The molecular weight excluding hydrogens is 200 g/mol. The maximum atomic E-state index is 11.1. The Bertz CT molecular complexity index is 446. The Labute approximate surface area is 83.4 Å². The average molecular weight is 212 g/mol. The lowest BCUT2D eigenvalue weighted by Gasteiger charge is -2.01. The highest BCUT2D eigenvalue weighted by molar-refractivity contribution is 7.90. The lowest BCUT2D eigenvalue weighted by atomic mass is 10.1. The van der Waals surface area contributed by atoms with Crippen LogP contribution in [-0.4, -0.2) is 20.4 Å². The fourth-order valence-electron chi connectivity index (χ4n) is 1.02. The van der Waals surface area contributed by atoms with Crippen LogP contribution in [0, 0.1) is 0 Å². The molecule has 0 aliphatic heterocycles. The van der Waals surface area contributed by atoms with E-state index < -0.39 is 9.84 Å². The van der Waals surface area contributed by atoms with E-state index in [1.807, 2.05) is 0 Å². The molecule has 1 rings (SSSR count). The number of nitrogens with zero attached hydrogens (tertiary/aromatic N) is 1. The molecule has 0 spiro atoms. The van der Waals surface area contributed by atoms with E-state index in [9.17, 15) is 8.42 Å². The lowest BCUT2D eigenvalue weighted by molar-refractivity contribution is 0.602. The Morgan fingerprint density at radius 1 is 1.29 bits per heavy atom. The van der Waals surface area contributed by atoms with Crippen molar-refractivity contribution in [1.29, 1.82) is 0 Å². The van der Waals surface area contributed by atoms with Crippen LogP contribution in [0.4, 0.5) is 0 Å². The minimum Gasteiger partial charge on any atom is -0.323 e. The predicted molar refractivity (Wildman–Crippen MR) is 56.0 cm³/mol. The Kier molecular flexibility index (Phi) is 2.90. The van der Waals surface area contributed by atoms with Crippen LogP contribution in [0.1, 0.15) is 12.5 Å². The first-order chi connectivity index (χ1) is 6.45. The van der Waals surface area contributed by atoms with Gasteiger partial charge in [-0.05, 0) is 24.6 Å². The molecule has 0 aliphatic carbocycles. The zero-order chi connectivity index (χ0) is 10.8. The van der Waals surface area contributed by atoms with E-state index in [1.54, 1.807) is 31.2 Å². The van der Waals surface area contributed by atoms with Crippen molar-refractivity contribution >= 4 is 15.5 Å². The number of hydrogen-bond donors (Lipinski definition) is 1. The van der Waals surface area contributed by atoms with Gasteiger partial charge in [0, 0.05) is 6.26 Å². The molecule has 0 heterocycles. The standard InChI is InChI=1S/C9H12N2O2S/c1-7(11-10)8-3-5-9(6-4-8)14(2,12)13/h3-6H,10H2,1-2H3. The molecule has 0 atom stereocenters. The van der Waals surface area contributed by atoms with Gasteiger partial charge in [-0.1, -0.05) is 12.1 Å². The number of rotatable bonds is 2. The van der Waals surface area contributed by atoms with E-state index in [-0.39, 0.29) is 0 Å². The Morgan fingerprint density at radius 2 is 1.79 bits per heavy atom. The van der Waals surface area contributed by atoms with E-state index in [0.717, 1.165) is 5.56 Å². The first-order valence-electron chi connectivity index (χ1n) is 4.00. The molecule has 0 saturated carbocycles. The van der Waals surface area contributed by atoms with Gasteiger partial charge in [-0.25, -0.2) is 8.42 Å². The van der Waals surface area contributed by atoms with Gasteiger partial charge >= 0.3 is 0 Å². The summed E-state index contributed by atoms with van der Waals surface area (Å²) in [4.78, 5) is 0.297. The second-order valence-electron chi connectivity index (χ2n) is 3.01. The topological polar surface area (TPSA) is 72.5 Å². The van der Waals surface area contributed by atoms with E-state index >= 15 is 0 Å². The van der Waals surface area contributed by atoms with Gasteiger partial charge in [-0.15, -0.1) is 0 Å². The highest BCUT2D eigenvalue weighted by Crippen LogP contribution is 2.10. The molecule has 0 unspecified atom stereocenters. The van der Waals surface area contributed by atoms with E-state index in [0.29, 0.717) is 10.6 Å². The minimum absolute atomic E-state index is 0.297. The molecule has 0 bridgehead atoms. The van der Waals surface area contributed by atoms with E-state index in [1.165, 1.54) is 6.26 Å². The van der Waals surface area contributed by atoms with Crippen LogP contribution in [0.5, 0.6) is 0 Å². The molecule has 0 aliphatic rings. The summed E-state index contributed by atoms with van der Waals surface area (Å²) >= 11 is 0. The molecule has 1 aromatic carbocycles. The van der Waals surface area contributed by atoms with Gasteiger partial charge in [0.15, 0.2) is 9.84 Å². The van der Waals surface area contributed by atoms with Crippen molar-refractivity contribution in [3.63, 3.8) is 0 Å². The monoisotopic (exact) mass is 212 g/mol. The molecule has 0 aromatic heterocycles. The second-order valence-corrected chi connectivity index (χ2v) is 5.03. The molecule has 76 valence electrons. The van der Waals surface area contributed by atoms with Crippen molar-refractivity contribution in [2.24, 2.45) is 10.9 Å². The zero-order valence-electron chi connectivity index (χ0n) is 8.06. The predicted octanol–water partition coefficient (Wildman–Crippen LogP) is 0.773. The molecular formula is C9H12N2O2S. The van der Waals surface area contributed by atoms with Crippen molar-refractivity contribution in [1.82, 2.24) is 0 Å². The maximum absolute atomic E-state index is 11.1. The summed E-state index contributed by atoms with van der Waals surface area (Å²) in [6.45, 7) is 1.76. The highest BCUT2D eigenvalue weighted by Gasteiger charge is 2.06. The van der Waals surface area contributed by atoms with Crippen molar-refractivity contribution in [2.45, 2.75) is 11.8 Å². The van der Waals surface area contributed by atoms with Crippen LogP contribution in [-0.2, 0) is 9.84 Å². The summed E-state index contributed by atoms with van der Waals surface area (Å²) in [6, 6.07) is 6.45. The Hall–Kier alpha value is -1.36. The first kappa shape index (κ1) is 10.7. The lowest BCUT2D eigenvalue weighted by Crippen LogP contribution is -2.01. The number of sulfone groups is 1. The maximum Gasteiger partial charge on any atom is 0.175 e. The largest absolute Gasteiger partial charge is 0.323 e. The molecule has 4 nitrogen and oxygen atoms in total. The van der Waals surface area contributed by atoms with Gasteiger partial charge in [0.05, 0.1) is 10.6 Å².